The van der Waals surface area contributed by atoms with Crippen LogP contribution in [-0.2, 0) is 5.41 Å². The zero-order chi connectivity index (χ0) is 14.1. The fraction of sp³-hybridized carbons (Fsp3) is 0.625. The second kappa shape index (κ2) is 5.22. The van der Waals surface area contributed by atoms with E-state index in [2.05, 4.69) is 0 Å². The van der Waals surface area contributed by atoms with Crippen LogP contribution in [0.25, 0.3) is 0 Å². The van der Waals surface area contributed by atoms with E-state index in [0.717, 1.165) is 24.8 Å². The van der Waals surface area contributed by atoms with Gasteiger partial charge in [-0.25, -0.2) is 4.39 Å². The molecule has 0 amide bonds. The van der Waals surface area contributed by atoms with Gasteiger partial charge < -0.3 is 10.8 Å². The Labute approximate surface area is 114 Å². The molecule has 0 bridgehead atoms. The number of halogens is 1. The first-order chi connectivity index (χ1) is 8.89. The van der Waals surface area contributed by atoms with E-state index >= 15 is 0 Å². The first-order valence-corrected chi connectivity index (χ1v) is 7.14. The molecule has 2 nitrogen and oxygen atoms in total. The second-order valence-corrected chi connectivity index (χ2v) is 6.18. The molecule has 3 heteroatoms. The number of benzene rings is 1. The molecule has 1 fully saturated rings. The van der Waals surface area contributed by atoms with E-state index in [0.29, 0.717) is 12.8 Å². The van der Waals surface area contributed by atoms with Crippen LogP contribution >= 0.6 is 0 Å². The third kappa shape index (κ3) is 2.82. The zero-order valence-electron chi connectivity index (χ0n) is 11.8. The molecule has 2 unspecified atom stereocenters. The average Bonchev–Trinajstić information content (AvgIpc) is 2.27. The third-order valence-electron chi connectivity index (χ3n) is 4.78. The predicted octanol–water partition coefficient (Wildman–Crippen LogP) is 3.13. The molecule has 1 saturated carbocycles. The third-order valence-corrected chi connectivity index (χ3v) is 4.78. The Morgan fingerprint density at radius 2 is 2.16 bits per heavy atom. The van der Waals surface area contributed by atoms with E-state index in [9.17, 15) is 9.50 Å². The minimum atomic E-state index is -0.741. The second-order valence-electron chi connectivity index (χ2n) is 6.18. The van der Waals surface area contributed by atoms with Crippen molar-refractivity contribution in [2.45, 2.75) is 63.0 Å². The molecule has 0 spiro atoms. The summed E-state index contributed by atoms with van der Waals surface area (Å²) in [7, 11) is 0. The molecular weight excluding hydrogens is 241 g/mol. The maximum atomic E-state index is 13.4. The van der Waals surface area contributed by atoms with Crippen molar-refractivity contribution in [3.05, 3.63) is 35.6 Å². The van der Waals surface area contributed by atoms with Crippen molar-refractivity contribution < 1.29 is 9.50 Å². The molecule has 3 N–H and O–H groups in total. The Morgan fingerprint density at radius 3 is 2.63 bits per heavy atom. The quantitative estimate of drug-likeness (QED) is 0.859. The van der Waals surface area contributed by atoms with Gasteiger partial charge in [0, 0.05) is 11.5 Å². The van der Waals surface area contributed by atoms with Crippen LogP contribution in [0.1, 0.15) is 51.5 Å². The summed E-state index contributed by atoms with van der Waals surface area (Å²) in [5.41, 5.74) is 6.47. The monoisotopic (exact) mass is 265 g/mol. The van der Waals surface area contributed by atoms with Crippen molar-refractivity contribution in [1.82, 2.24) is 0 Å². The molecule has 0 saturated heterocycles. The van der Waals surface area contributed by atoms with Crippen molar-refractivity contribution in [3.8, 4) is 0 Å². The van der Waals surface area contributed by atoms with Crippen LogP contribution in [0.2, 0.25) is 0 Å². The topological polar surface area (TPSA) is 46.2 Å². The van der Waals surface area contributed by atoms with Gasteiger partial charge in [-0.05, 0) is 50.3 Å². The van der Waals surface area contributed by atoms with Crippen molar-refractivity contribution in [2.24, 2.45) is 5.73 Å². The number of rotatable bonds is 5. The average molecular weight is 265 g/mol. The van der Waals surface area contributed by atoms with Crippen molar-refractivity contribution in [1.29, 1.82) is 0 Å². The lowest BCUT2D eigenvalue weighted by molar-refractivity contribution is 0.0213. The largest absolute Gasteiger partial charge is 0.390 e. The molecule has 2 rings (SSSR count). The summed E-state index contributed by atoms with van der Waals surface area (Å²) in [4.78, 5) is 0. The van der Waals surface area contributed by atoms with Crippen molar-refractivity contribution in [2.75, 3.05) is 0 Å². The lowest BCUT2D eigenvalue weighted by Gasteiger charge is -2.48. The van der Waals surface area contributed by atoms with Gasteiger partial charge in [0.15, 0.2) is 0 Å². The molecule has 2 atom stereocenters. The van der Waals surface area contributed by atoms with Gasteiger partial charge in [-0.15, -0.1) is 0 Å². The highest BCUT2D eigenvalue weighted by molar-refractivity contribution is 5.31. The Balaban J connectivity index is 2.23. The van der Waals surface area contributed by atoms with E-state index in [1.54, 1.807) is 12.1 Å². The smallest absolute Gasteiger partial charge is 0.123 e. The molecule has 19 heavy (non-hydrogen) atoms. The highest BCUT2D eigenvalue weighted by Gasteiger charge is 2.45. The van der Waals surface area contributed by atoms with Crippen LogP contribution in [0.5, 0.6) is 0 Å². The van der Waals surface area contributed by atoms with Crippen LogP contribution in [0.4, 0.5) is 4.39 Å². The van der Waals surface area contributed by atoms with Gasteiger partial charge in [-0.2, -0.15) is 0 Å². The van der Waals surface area contributed by atoms with Gasteiger partial charge >= 0.3 is 0 Å². The fourth-order valence-corrected chi connectivity index (χ4v) is 3.04. The van der Waals surface area contributed by atoms with Gasteiger partial charge in [-0.3, -0.25) is 0 Å². The molecule has 0 aliphatic heterocycles. The Bertz CT molecular complexity index is 440. The van der Waals surface area contributed by atoms with E-state index in [-0.39, 0.29) is 17.3 Å². The van der Waals surface area contributed by atoms with Crippen molar-refractivity contribution >= 4 is 0 Å². The number of nitrogens with two attached hydrogens (primary N) is 1. The van der Waals surface area contributed by atoms with Crippen LogP contribution in [0.15, 0.2) is 24.3 Å². The highest BCUT2D eigenvalue weighted by atomic mass is 19.1. The highest BCUT2D eigenvalue weighted by Crippen LogP contribution is 2.47. The van der Waals surface area contributed by atoms with E-state index in [4.69, 9.17) is 5.73 Å². The summed E-state index contributed by atoms with van der Waals surface area (Å²) in [5, 5.41) is 10.2. The minimum absolute atomic E-state index is 0.127. The van der Waals surface area contributed by atoms with Gasteiger partial charge in [0.1, 0.15) is 5.82 Å². The van der Waals surface area contributed by atoms with E-state index in [1.165, 1.54) is 6.07 Å². The molecular formula is C16H24FNO. The van der Waals surface area contributed by atoms with Crippen LogP contribution in [0, 0.1) is 5.82 Å². The molecule has 1 aliphatic carbocycles. The molecule has 106 valence electrons. The first kappa shape index (κ1) is 14.5. The molecule has 1 aromatic rings. The number of aliphatic hydroxyl groups is 1. The predicted molar refractivity (Wildman–Crippen MR) is 75.4 cm³/mol. The minimum Gasteiger partial charge on any atom is -0.390 e. The lowest BCUT2D eigenvalue weighted by atomic mass is 9.58. The Morgan fingerprint density at radius 1 is 1.47 bits per heavy atom. The number of hydrogen-bond acceptors (Lipinski definition) is 2. The maximum absolute atomic E-state index is 13.4. The SMILES string of the molecule is CCC(C)(O)CC(N)C1(c2cccc(F)c2)CCC1. The zero-order valence-corrected chi connectivity index (χ0v) is 11.8. The van der Waals surface area contributed by atoms with Crippen LogP contribution in [0.3, 0.4) is 0 Å². The van der Waals surface area contributed by atoms with Crippen LogP contribution < -0.4 is 5.73 Å². The maximum Gasteiger partial charge on any atom is 0.123 e. The summed E-state index contributed by atoms with van der Waals surface area (Å²) in [6.07, 6.45) is 4.33. The number of hydrogen-bond donors (Lipinski definition) is 2. The van der Waals surface area contributed by atoms with Gasteiger partial charge in [0.25, 0.3) is 0 Å². The molecule has 0 radical (unpaired) electrons. The van der Waals surface area contributed by atoms with Gasteiger partial charge in [0.2, 0.25) is 0 Å². The van der Waals surface area contributed by atoms with E-state index < -0.39 is 5.60 Å². The van der Waals surface area contributed by atoms with Gasteiger partial charge in [-0.1, -0.05) is 25.5 Å². The standard InChI is InChI=1S/C16H24FNO/c1-3-15(2,19)11-14(18)16(8-5-9-16)12-6-4-7-13(17)10-12/h4,6-7,10,14,19H,3,5,8-9,11,18H2,1-2H3. The summed E-state index contributed by atoms with van der Waals surface area (Å²) < 4.78 is 13.4. The van der Waals surface area contributed by atoms with E-state index in [1.807, 2.05) is 19.9 Å². The summed E-state index contributed by atoms with van der Waals surface area (Å²) >= 11 is 0. The summed E-state index contributed by atoms with van der Waals surface area (Å²) in [6.45, 7) is 3.78. The lowest BCUT2D eigenvalue weighted by Crippen LogP contribution is -2.53. The fourth-order valence-electron chi connectivity index (χ4n) is 3.04. The molecule has 0 heterocycles. The normalized spacial score (nSPS) is 22.4. The Hall–Kier alpha value is -0.930. The molecule has 0 aromatic heterocycles. The summed E-state index contributed by atoms with van der Waals surface area (Å²) in [6, 6.07) is 6.64. The van der Waals surface area contributed by atoms with Gasteiger partial charge in [0.05, 0.1) is 5.60 Å². The summed E-state index contributed by atoms with van der Waals surface area (Å²) in [5.74, 6) is -0.210. The molecule has 1 aromatic carbocycles. The molecule has 1 aliphatic rings. The van der Waals surface area contributed by atoms with Crippen LogP contribution in [-0.4, -0.2) is 16.7 Å². The van der Waals surface area contributed by atoms with Crippen molar-refractivity contribution in [3.63, 3.8) is 0 Å². The first-order valence-electron chi connectivity index (χ1n) is 7.14. The Kier molecular flexibility index (Phi) is 3.98.